The number of anilines is 1. The van der Waals surface area contributed by atoms with Crippen molar-refractivity contribution in [3.05, 3.63) is 44.3 Å². The van der Waals surface area contributed by atoms with E-state index >= 15 is 0 Å². The summed E-state index contributed by atoms with van der Waals surface area (Å²) in [4.78, 5) is 18.7. The smallest absolute Gasteiger partial charge is 0.255 e. The van der Waals surface area contributed by atoms with Crippen molar-refractivity contribution >= 4 is 23.8 Å². The molecule has 0 saturated heterocycles. The SMILES string of the molecule is COc1ccc(/C=N\Nc2nc(C)c(CCO)c(=O)[nH]2)c(Cl)c1OC. The quantitative estimate of drug-likeness (QED) is 0.508. The summed E-state index contributed by atoms with van der Waals surface area (Å²) in [7, 11) is 3.02. The molecular formula is C16H19ClN4O4. The minimum absolute atomic E-state index is 0.117. The third kappa shape index (κ3) is 4.28. The number of rotatable bonds is 7. The van der Waals surface area contributed by atoms with Crippen molar-refractivity contribution in [1.82, 2.24) is 9.97 Å². The Morgan fingerprint density at radius 3 is 2.76 bits per heavy atom. The van der Waals surface area contributed by atoms with Crippen LogP contribution in [0.1, 0.15) is 16.8 Å². The normalized spacial score (nSPS) is 10.9. The molecule has 0 atom stereocenters. The van der Waals surface area contributed by atoms with Gasteiger partial charge in [0.2, 0.25) is 5.95 Å². The third-order valence-electron chi connectivity index (χ3n) is 3.47. The molecule has 0 unspecified atom stereocenters. The van der Waals surface area contributed by atoms with Crippen LogP contribution in [0, 0.1) is 6.92 Å². The Morgan fingerprint density at radius 2 is 2.16 bits per heavy atom. The molecule has 1 aromatic heterocycles. The summed E-state index contributed by atoms with van der Waals surface area (Å²) in [5.41, 5.74) is 3.90. The van der Waals surface area contributed by atoms with Crippen LogP contribution in [0.2, 0.25) is 5.02 Å². The molecular weight excluding hydrogens is 348 g/mol. The molecule has 2 aromatic rings. The van der Waals surface area contributed by atoms with Gasteiger partial charge in [-0.3, -0.25) is 9.78 Å². The molecule has 0 aliphatic heterocycles. The van der Waals surface area contributed by atoms with Crippen LogP contribution in [0.5, 0.6) is 11.5 Å². The average molecular weight is 367 g/mol. The number of hydrogen-bond donors (Lipinski definition) is 3. The average Bonchev–Trinajstić information content (AvgIpc) is 2.59. The molecule has 0 saturated carbocycles. The number of methoxy groups -OCH3 is 2. The maximum atomic E-state index is 11.9. The molecule has 0 fully saturated rings. The first kappa shape index (κ1) is 18.8. The van der Waals surface area contributed by atoms with Crippen molar-refractivity contribution in [2.24, 2.45) is 5.10 Å². The molecule has 0 aliphatic rings. The lowest BCUT2D eigenvalue weighted by Crippen LogP contribution is -2.19. The van der Waals surface area contributed by atoms with Crippen LogP contribution < -0.4 is 20.5 Å². The first-order valence-corrected chi connectivity index (χ1v) is 7.79. The molecule has 25 heavy (non-hydrogen) atoms. The highest BCUT2D eigenvalue weighted by molar-refractivity contribution is 6.34. The molecule has 0 amide bonds. The van der Waals surface area contributed by atoms with Gasteiger partial charge in [-0.15, -0.1) is 0 Å². The summed E-state index contributed by atoms with van der Waals surface area (Å²) in [6, 6.07) is 3.43. The van der Waals surface area contributed by atoms with Crippen LogP contribution in [0.15, 0.2) is 22.0 Å². The lowest BCUT2D eigenvalue weighted by molar-refractivity contribution is 0.298. The minimum Gasteiger partial charge on any atom is -0.493 e. The Morgan fingerprint density at radius 1 is 1.40 bits per heavy atom. The van der Waals surface area contributed by atoms with Crippen LogP contribution in [0.3, 0.4) is 0 Å². The summed E-state index contributed by atoms with van der Waals surface area (Å²) < 4.78 is 10.4. The number of ether oxygens (including phenoxy) is 2. The summed E-state index contributed by atoms with van der Waals surface area (Å²) in [6.07, 6.45) is 1.72. The summed E-state index contributed by atoms with van der Waals surface area (Å²) in [5, 5.41) is 13.3. The van der Waals surface area contributed by atoms with Gasteiger partial charge >= 0.3 is 0 Å². The van der Waals surface area contributed by atoms with Crippen LogP contribution in [0.25, 0.3) is 0 Å². The largest absolute Gasteiger partial charge is 0.493 e. The van der Waals surface area contributed by atoms with E-state index in [1.165, 1.54) is 20.4 Å². The molecule has 1 heterocycles. The Hall–Kier alpha value is -2.58. The standard InChI is InChI=1S/C16H19ClN4O4/c1-9-11(6-7-22)15(23)20-16(19-9)21-18-8-10-4-5-12(24-2)14(25-3)13(10)17/h4-5,8,22H,6-7H2,1-3H3,(H2,19,20,21,23)/b18-8-. The van der Waals surface area contributed by atoms with Gasteiger partial charge in [0, 0.05) is 24.2 Å². The molecule has 9 heteroatoms. The Balaban J connectivity index is 2.20. The van der Waals surface area contributed by atoms with E-state index in [-0.39, 0.29) is 24.5 Å². The van der Waals surface area contributed by atoms with E-state index in [9.17, 15) is 4.79 Å². The molecule has 0 aliphatic carbocycles. The topological polar surface area (TPSA) is 109 Å². The zero-order chi connectivity index (χ0) is 18.4. The fourth-order valence-electron chi connectivity index (χ4n) is 2.24. The van der Waals surface area contributed by atoms with E-state index in [2.05, 4.69) is 20.5 Å². The van der Waals surface area contributed by atoms with Crippen molar-refractivity contribution in [3.8, 4) is 11.5 Å². The molecule has 1 aromatic carbocycles. The Bertz CT molecular complexity index is 836. The first-order valence-electron chi connectivity index (χ1n) is 7.42. The number of aliphatic hydroxyl groups excluding tert-OH is 1. The van der Waals surface area contributed by atoms with Crippen LogP contribution in [0.4, 0.5) is 5.95 Å². The maximum absolute atomic E-state index is 11.9. The number of benzene rings is 1. The van der Waals surface area contributed by atoms with E-state index in [0.717, 1.165) is 0 Å². The minimum atomic E-state index is -0.316. The number of hydrazone groups is 1. The van der Waals surface area contributed by atoms with E-state index in [4.69, 9.17) is 26.2 Å². The molecule has 8 nitrogen and oxygen atoms in total. The number of aliphatic hydroxyl groups is 1. The van der Waals surface area contributed by atoms with Crippen molar-refractivity contribution < 1.29 is 14.6 Å². The highest BCUT2D eigenvalue weighted by Crippen LogP contribution is 2.36. The number of nitrogens with zero attached hydrogens (tertiary/aromatic N) is 2. The predicted molar refractivity (Wildman–Crippen MR) is 96.2 cm³/mol. The van der Waals surface area contributed by atoms with Crippen LogP contribution >= 0.6 is 11.6 Å². The number of halogens is 1. The number of hydrogen-bond acceptors (Lipinski definition) is 7. The van der Waals surface area contributed by atoms with E-state index < -0.39 is 0 Å². The number of aromatic nitrogens is 2. The van der Waals surface area contributed by atoms with Gasteiger partial charge < -0.3 is 14.6 Å². The van der Waals surface area contributed by atoms with Crippen molar-refractivity contribution in [2.75, 3.05) is 26.3 Å². The van der Waals surface area contributed by atoms with Crippen molar-refractivity contribution in [2.45, 2.75) is 13.3 Å². The molecule has 2 rings (SSSR count). The van der Waals surface area contributed by atoms with Gasteiger partial charge in [0.1, 0.15) is 0 Å². The fraction of sp³-hybridized carbons (Fsp3) is 0.312. The second-order valence-corrected chi connectivity index (χ2v) is 5.40. The van der Waals surface area contributed by atoms with Gasteiger partial charge in [-0.1, -0.05) is 11.6 Å². The highest BCUT2D eigenvalue weighted by atomic mass is 35.5. The van der Waals surface area contributed by atoms with E-state index in [1.807, 2.05) is 0 Å². The molecule has 0 bridgehead atoms. The van der Waals surface area contributed by atoms with E-state index in [1.54, 1.807) is 19.1 Å². The van der Waals surface area contributed by atoms with Crippen LogP contribution in [-0.4, -0.2) is 42.1 Å². The van der Waals surface area contributed by atoms with E-state index in [0.29, 0.717) is 33.3 Å². The summed E-state index contributed by atoms with van der Waals surface area (Å²) >= 11 is 6.26. The fourth-order valence-corrected chi connectivity index (χ4v) is 2.52. The van der Waals surface area contributed by atoms with Gasteiger partial charge in [-0.25, -0.2) is 10.4 Å². The van der Waals surface area contributed by atoms with Gasteiger partial charge in [0.15, 0.2) is 11.5 Å². The number of aryl methyl sites for hydroxylation is 1. The van der Waals surface area contributed by atoms with Gasteiger partial charge in [0.25, 0.3) is 5.56 Å². The molecule has 0 radical (unpaired) electrons. The van der Waals surface area contributed by atoms with Crippen molar-refractivity contribution in [1.29, 1.82) is 0 Å². The number of aromatic amines is 1. The summed E-state index contributed by atoms with van der Waals surface area (Å²) in [6.45, 7) is 1.58. The summed E-state index contributed by atoms with van der Waals surface area (Å²) in [5.74, 6) is 1.11. The van der Waals surface area contributed by atoms with Crippen LogP contribution in [-0.2, 0) is 6.42 Å². The lowest BCUT2D eigenvalue weighted by Gasteiger charge is -2.10. The Kier molecular flexibility index (Phi) is 6.37. The molecule has 3 N–H and O–H groups in total. The molecule has 134 valence electrons. The van der Waals surface area contributed by atoms with Gasteiger partial charge in [0.05, 0.1) is 31.2 Å². The second kappa shape index (κ2) is 8.50. The Labute approximate surface area is 149 Å². The zero-order valence-electron chi connectivity index (χ0n) is 14.1. The first-order chi connectivity index (χ1) is 12.0. The van der Waals surface area contributed by atoms with Crippen molar-refractivity contribution in [3.63, 3.8) is 0 Å². The third-order valence-corrected chi connectivity index (χ3v) is 3.86. The number of nitrogens with one attached hydrogen (secondary N) is 2. The zero-order valence-corrected chi connectivity index (χ0v) is 14.8. The van der Waals surface area contributed by atoms with Gasteiger partial charge in [-0.05, 0) is 19.1 Å². The second-order valence-electron chi connectivity index (χ2n) is 5.03. The number of H-pyrrole nitrogens is 1. The lowest BCUT2D eigenvalue weighted by atomic mass is 10.2. The monoisotopic (exact) mass is 366 g/mol. The highest BCUT2D eigenvalue weighted by Gasteiger charge is 2.12. The molecule has 0 spiro atoms. The predicted octanol–water partition coefficient (Wildman–Crippen LogP) is 1.73. The van der Waals surface area contributed by atoms with Gasteiger partial charge in [-0.2, -0.15) is 5.10 Å². The maximum Gasteiger partial charge on any atom is 0.255 e.